The molecular weight excluding hydrogens is 1470 g/mol. The summed E-state index contributed by atoms with van der Waals surface area (Å²) in [7, 11) is -8.63. The molecule has 0 radical (unpaired) electrons. The Morgan fingerprint density at radius 3 is 1.72 bits per heavy atom. The number of alkyl carbamates (subject to hydrolysis) is 1. The smallest absolute Gasteiger partial charge is 0.408 e. The molecule has 594 valence electrons. The lowest BCUT2D eigenvalue weighted by atomic mass is 9.77. The molecule has 28 heteroatoms. The predicted molar refractivity (Wildman–Crippen MR) is 442 cm³/mol. The van der Waals surface area contributed by atoms with Crippen LogP contribution in [0.15, 0.2) is 144 Å². The van der Waals surface area contributed by atoms with Crippen molar-refractivity contribution in [2.24, 2.45) is 0 Å². The molecule has 0 aliphatic carbocycles. The number of anilines is 2. The Morgan fingerprint density at radius 1 is 0.642 bits per heavy atom. The average Bonchev–Trinajstić information content (AvgIpc) is 1.72. The predicted octanol–water partition coefficient (Wildman–Crippen LogP) is 16.9. The number of aliphatic carboxylic acids is 1. The molecule has 4 N–H and O–H groups in total. The maximum atomic E-state index is 15.5. The first-order valence-electron chi connectivity index (χ1n) is 37.9. The molecule has 23 nitrogen and oxygen atoms in total. The third kappa shape index (κ3) is 20.5. The summed E-state index contributed by atoms with van der Waals surface area (Å²) < 4.78 is 59.1. The van der Waals surface area contributed by atoms with Gasteiger partial charge in [0.25, 0.3) is 5.91 Å². The molecule has 0 bridgehead atoms. The van der Waals surface area contributed by atoms with Crippen molar-refractivity contribution in [3.8, 4) is 5.75 Å². The Kier molecular flexibility index (Phi) is 26.7. The number of fused-ring (bicyclic) bond motifs is 1. The molecular formula is C81H120N10O13SSi4. The van der Waals surface area contributed by atoms with Gasteiger partial charge in [-0.1, -0.05) is 174 Å². The van der Waals surface area contributed by atoms with Crippen LogP contribution in [-0.2, 0) is 42.2 Å². The monoisotopic (exact) mass is 1580 g/mol. The lowest BCUT2D eigenvalue weighted by Crippen LogP contribution is -2.55. The van der Waals surface area contributed by atoms with Crippen molar-refractivity contribution >= 4 is 85.8 Å². The van der Waals surface area contributed by atoms with E-state index in [9.17, 15) is 19.5 Å². The summed E-state index contributed by atoms with van der Waals surface area (Å²) in [6.45, 7) is 50.2. The number of imidazole rings is 1. The molecule has 5 heterocycles. The normalized spacial score (nSPS) is 19.6. The number of benzene rings is 4. The molecule has 3 aromatic heterocycles. The molecule has 9 rings (SSSR count). The van der Waals surface area contributed by atoms with Crippen LogP contribution < -0.4 is 26.4 Å². The summed E-state index contributed by atoms with van der Waals surface area (Å²) in [5.74, 6) is -0.108. The van der Waals surface area contributed by atoms with Gasteiger partial charge in [-0.15, -0.1) is 11.8 Å². The van der Waals surface area contributed by atoms with Gasteiger partial charge in [0, 0.05) is 43.6 Å². The number of carbonyl (C=O) groups excluding carboxylic acids is 2. The fourth-order valence-electron chi connectivity index (χ4n) is 12.3. The number of carboxylic acids is 1. The second kappa shape index (κ2) is 33.8. The molecule has 2 amide bonds. The lowest BCUT2D eigenvalue weighted by Gasteiger charge is -2.44. The van der Waals surface area contributed by atoms with Gasteiger partial charge >= 0.3 is 17.8 Å². The van der Waals surface area contributed by atoms with Gasteiger partial charge in [-0.2, -0.15) is 4.98 Å². The number of amides is 2. The number of methoxy groups -OCH3 is 1. The number of nitrogens with zero attached hydrogens (tertiary/aromatic N) is 7. The fourth-order valence-corrected chi connectivity index (χ4v) is 18.3. The van der Waals surface area contributed by atoms with E-state index in [1.54, 1.807) is 63.0 Å². The summed E-state index contributed by atoms with van der Waals surface area (Å²) in [6.07, 6.45) is -0.601. The van der Waals surface area contributed by atoms with Crippen LogP contribution in [0.25, 0.3) is 11.2 Å². The van der Waals surface area contributed by atoms with Crippen molar-refractivity contribution in [1.82, 2.24) is 39.3 Å². The highest BCUT2D eigenvalue weighted by Gasteiger charge is 2.56. The van der Waals surface area contributed by atoms with Gasteiger partial charge in [0.05, 0.1) is 31.0 Å². The van der Waals surface area contributed by atoms with Gasteiger partial charge in [0.1, 0.15) is 65.7 Å². The van der Waals surface area contributed by atoms with E-state index in [4.69, 9.17) is 51.6 Å². The third-order valence-corrected chi connectivity index (χ3v) is 41.8. The Morgan fingerprint density at radius 2 is 1.18 bits per heavy atom. The number of nitrogens with one attached hydrogen (secondary N) is 3. The van der Waals surface area contributed by atoms with Crippen molar-refractivity contribution in [2.45, 2.75) is 254 Å². The van der Waals surface area contributed by atoms with E-state index in [2.05, 4.69) is 186 Å². The summed E-state index contributed by atoms with van der Waals surface area (Å²) in [4.78, 5) is 78.3. The average molecular weight is 1590 g/mol. The van der Waals surface area contributed by atoms with Crippen molar-refractivity contribution < 1.29 is 56.1 Å². The molecule has 2 aliphatic rings. The van der Waals surface area contributed by atoms with E-state index in [-0.39, 0.29) is 64.5 Å². The minimum atomic E-state index is -2.76. The van der Waals surface area contributed by atoms with Crippen LogP contribution in [0.3, 0.4) is 0 Å². The molecule has 2 saturated heterocycles. The van der Waals surface area contributed by atoms with Gasteiger partial charge in [-0.25, -0.2) is 29.3 Å². The second-order valence-electron chi connectivity index (χ2n) is 35.9. The van der Waals surface area contributed by atoms with Crippen LogP contribution in [0.4, 0.5) is 16.4 Å². The van der Waals surface area contributed by atoms with Gasteiger partial charge in [0.15, 0.2) is 56.5 Å². The van der Waals surface area contributed by atoms with Crippen LogP contribution >= 0.6 is 11.8 Å². The number of ether oxygens (including phenoxy) is 4. The summed E-state index contributed by atoms with van der Waals surface area (Å²) in [5, 5.41) is 19.7. The van der Waals surface area contributed by atoms with Gasteiger partial charge < -0.3 is 57.7 Å². The van der Waals surface area contributed by atoms with Crippen LogP contribution in [-0.4, -0.2) is 172 Å². The first-order valence-corrected chi connectivity index (χ1v) is 50.5. The number of hydrogen-bond acceptors (Lipinski definition) is 19. The number of hydrogen-bond donors (Lipinski definition) is 4. The largest absolute Gasteiger partial charge is 0.497 e. The van der Waals surface area contributed by atoms with Crippen molar-refractivity contribution in [1.29, 1.82) is 0 Å². The van der Waals surface area contributed by atoms with E-state index in [0.717, 1.165) is 16.7 Å². The topological polar surface area (TPSA) is 263 Å². The highest BCUT2D eigenvalue weighted by molar-refractivity contribution is 7.99. The Hall–Kier alpha value is -6.94. The number of carboxylic acid groups (broad SMARTS) is 1. The summed E-state index contributed by atoms with van der Waals surface area (Å²) in [5.41, 5.74) is 1.11. The molecule has 7 aromatic rings. The molecule has 2 fully saturated rings. The molecule has 8 atom stereocenters. The number of aromatic nitrogens is 6. The Bertz CT molecular complexity index is 4250. The van der Waals surface area contributed by atoms with Crippen LogP contribution in [0, 0.1) is 0 Å². The summed E-state index contributed by atoms with van der Waals surface area (Å²) >= 11 is 1.47. The zero-order valence-corrected chi connectivity index (χ0v) is 73.5. The fraction of sp³-hybridized carbons (Fsp3) is 0.556. The van der Waals surface area contributed by atoms with E-state index in [1.807, 2.05) is 77.5 Å². The molecule has 0 saturated carbocycles. The van der Waals surface area contributed by atoms with E-state index in [1.165, 1.54) is 18.1 Å². The van der Waals surface area contributed by atoms with E-state index in [0.29, 0.717) is 45.4 Å². The molecule has 4 aromatic carbocycles. The summed E-state index contributed by atoms with van der Waals surface area (Å²) in [6, 6.07) is 35.5. The van der Waals surface area contributed by atoms with E-state index >= 15 is 4.79 Å². The number of carbonyl (C=O) groups is 3. The maximum absolute atomic E-state index is 15.5. The van der Waals surface area contributed by atoms with Crippen LogP contribution in [0.2, 0.25) is 72.5 Å². The SMILES string of the molecule is COc1ccc(C(Nc2nc(=O)n([C@@H]3C[C@H](O[Si](C)(C)C(C)(C)C)[C@@H](CO[Si](C)(C)C(C)(C)C)O3)cc2SCCN(CC[C@H](NC(=O)OC(C)(C)C)C(=O)O)C[C@H]2O[C@@H](n3cnc4c(NC(=O)c5ccccc5)ncnc43)[C@H](O[Si](C)(C)C(C)(C)C)[C@@H]2O[Si](C)(C)C(C)(C)C)(c2ccccc2)c2ccccc2)cc1. The van der Waals surface area contributed by atoms with Gasteiger partial charge in [-0.05, 0) is 141 Å². The first-order chi connectivity index (χ1) is 50.7. The van der Waals surface area contributed by atoms with E-state index < -0.39 is 111 Å². The minimum Gasteiger partial charge on any atom is -0.497 e. The molecule has 0 spiro atoms. The highest BCUT2D eigenvalue weighted by Crippen LogP contribution is 2.49. The maximum Gasteiger partial charge on any atom is 0.408 e. The zero-order valence-electron chi connectivity index (χ0n) is 68.7. The van der Waals surface area contributed by atoms with Crippen molar-refractivity contribution in [2.75, 3.05) is 49.7 Å². The first kappa shape index (κ1) is 86.0. The van der Waals surface area contributed by atoms with Gasteiger partial charge in [0.2, 0.25) is 0 Å². The second-order valence-corrected chi connectivity index (χ2v) is 56.1. The van der Waals surface area contributed by atoms with Crippen LogP contribution in [0.5, 0.6) is 5.75 Å². The quantitative estimate of drug-likeness (QED) is 0.0185. The Labute approximate surface area is 654 Å². The highest BCUT2D eigenvalue weighted by atomic mass is 32.2. The molecule has 109 heavy (non-hydrogen) atoms. The minimum absolute atomic E-state index is 0.0528. The van der Waals surface area contributed by atoms with Crippen LogP contribution in [0.1, 0.15) is 156 Å². The van der Waals surface area contributed by atoms with Crippen molar-refractivity contribution in [3.05, 3.63) is 167 Å². The zero-order chi connectivity index (χ0) is 80.3. The number of thioether (sulfide) groups is 1. The standard InChI is InChI=1S/C81H120N10O13SSi4/c1-76(2,3)101-75(96)85-59(73(93)94)44-45-89(49-61-66(103-108(21,22)79(10,11)12)67(104-109(23,24)80(13,14)15)72(100-61)91-53-84-65-69(82-52-83-70(65)91)86-71(92)54-34-28-25-29-35-54)46-47-105-63-50-90(64-48-60(102-107(19,20)78(7,8)9)62(99-64)51-98-106(17,18)77(4,5)6)74(95)87-68(63)88-81(55-36-30-26-31-37-55,56-38-32-27-33-39-56)57-40-42-58(97-16)43-41-57/h25-43,50,52-53,59-62,64,66-67,72H,44-49,51H2,1-24H3,(H,85,96)(H,93,94)(H,87,88,95)(H,82,83,86,92)/t59-,60-,61+,62+,64-,66+,67+,72+/m0/s1. The molecule has 2 aliphatic heterocycles. The van der Waals surface area contributed by atoms with Gasteiger partial charge in [-0.3, -0.25) is 18.8 Å². The Balaban J connectivity index is 1.19. The third-order valence-electron chi connectivity index (χ3n) is 22.8. The molecule has 0 unspecified atom stereocenters. The lowest BCUT2D eigenvalue weighted by molar-refractivity contribution is -0.139. The number of rotatable bonds is 30. The van der Waals surface area contributed by atoms with Crippen molar-refractivity contribution in [3.63, 3.8) is 0 Å².